The Morgan fingerprint density at radius 2 is 1.87 bits per heavy atom. The van der Waals surface area contributed by atoms with E-state index in [1.54, 1.807) is 0 Å². The van der Waals surface area contributed by atoms with Crippen LogP contribution < -0.4 is 5.73 Å². The molecule has 0 aliphatic carbocycles. The quantitative estimate of drug-likeness (QED) is 0.591. The van der Waals surface area contributed by atoms with E-state index in [-0.39, 0.29) is 18.8 Å². The summed E-state index contributed by atoms with van der Waals surface area (Å²) in [5.41, 5.74) is 5.11. The molecule has 0 saturated heterocycles. The molecule has 0 aliphatic rings. The Balaban J connectivity index is 2.65. The fraction of sp³-hybridized carbons (Fsp3) is 0.300. The van der Waals surface area contributed by atoms with Gasteiger partial charge in [-0.05, 0) is 12.1 Å². The number of hydrogen-bond acceptors (Lipinski definition) is 3. The Kier molecular flexibility index (Phi) is 4.33. The lowest BCUT2D eigenvalue weighted by molar-refractivity contribution is 0.0773. The molecule has 5 heteroatoms. The van der Waals surface area contributed by atoms with E-state index in [9.17, 15) is 13.6 Å². The van der Waals surface area contributed by atoms with Crippen molar-refractivity contribution < 1.29 is 18.3 Å². The van der Waals surface area contributed by atoms with Crippen LogP contribution in [0.5, 0.6) is 0 Å². The first kappa shape index (κ1) is 11.7. The summed E-state index contributed by atoms with van der Waals surface area (Å²) in [4.78, 5) is 11.3. The minimum atomic E-state index is -0.780. The lowest BCUT2D eigenvalue weighted by Gasteiger charge is -2.02. The van der Waals surface area contributed by atoms with Gasteiger partial charge < -0.3 is 10.5 Å². The van der Waals surface area contributed by atoms with Crippen molar-refractivity contribution in [3.8, 4) is 0 Å². The molecule has 0 aliphatic heterocycles. The standard InChI is InChI=1S/C10H11F2NO2/c11-8-3-7(4-9(12)5-8)10(14)6-15-2-1-13/h3-5H,1-2,6,13H2. The van der Waals surface area contributed by atoms with Crippen molar-refractivity contribution in [3.63, 3.8) is 0 Å². The molecule has 0 saturated carbocycles. The van der Waals surface area contributed by atoms with Crippen LogP contribution in [0.2, 0.25) is 0 Å². The van der Waals surface area contributed by atoms with Crippen molar-refractivity contribution in [1.29, 1.82) is 0 Å². The minimum Gasteiger partial charge on any atom is -0.372 e. The second-order valence-electron chi connectivity index (χ2n) is 2.92. The van der Waals surface area contributed by atoms with Crippen molar-refractivity contribution >= 4 is 5.78 Å². The number of ether oxygens (including phenoxy) is 1. The Morgan fingerprint density at radius 3 is 2.40 bits per heavy atom. The Bertz CT molecular complexity index is 335. The molecular formula is C10H11F2NO2. The van der Waals surface area contributed by atoms with E-state index in [1.807, 2.05) is 0 Å². The molecule has 0 amide bonds. The summed E-state index contributed by atoms with van der Waals surface area (Å²) in [5, 5.41) is 0. The van der Waals surface area contributed by atoms with Crippen molar-refractivity contribution in [3.05, 3.63) is 35.4 Å². The third-order valence-corrected chi connectivity index (χ3v) is 1.68. The summed E-state index contributed by atoms with van der Waals surface area (Å²) in [6, 6.07) is 2.64. The third kappa shape index (κ3) is 3.73. The lowest BCUT2D eigenvalue weighted by atomic mass is 10.1. The molecule has 82 valence electrons. The van der Waals surface area contributed by atoms with Gasteiger partial charge in [0.15, 0.2) is 5.78 Å². The number of Topliss-reactive ketones (excluding diaryl/α,β-unsaturated/α-hetero) is 1. The smallest absolute Gasteiger partial charge is 0.188 e. The maximum atomic E-state index is 12.7. The van der Waals surface area contributed by atoms with Gasteiger partial charge in [-0.1, -0.05) is 0 Å². The van der Waals surface area contributed by atoms with Crippen LogP contribution in [0, 0.1) is 11.6 Å². The summed E-state index contributed by atoms with van der Waals surface area (Å²) in [7, 11) is 0. The summed E-state index contributed by atoms with van der Waals surface area (Å²) < 4.78 is 30.3. The Morgan fingerprint density at radius 1 is 1.27 bits per heavy atom. The van der Waals surface area contributed by atoms with Crippen LogP contribution >= 0.6 is 0 Å². The molecule has 0 radical (unpaired) electrons. The van der Waals surface area contributed by atoms with Crippen LogP contribution in [0.15, 0.2) is 18.2 Å². The molecule has 15 heavy (non-hydrogen) atoms. The Labute approximate surface area is 85.8 Å². The number of rotatable bonds is 5. The van der Waals surface area contributed by atoms with Crippen LogP contribution in [0.3, 0.4) is 0 Å². The van der Waals surface area contributed by atoms with Crippen LogP contribution in [0.1, 0.15) is 10.4 Å². The molecule has 3 nitrogen and oxygen atoms in total. The van der Waals surface area contributed by atoms with Gasteiger partial charge in [0.1, 0.15) is 18.2 Å². The van der Waals surface area contributed by atoms with E-state index in [4.69, 9.17) is 10.5 Å². The molecule has 0 heterocycles. The summed E-state index contributed by atoms with van der Waals surface area (Å²) in [6.07, 6.45) is 0. The molecule has 0 spiro atoms. The zero-order valence-electron chi connectivity index (χ0n) is 8.00. The minimum absolute atomic E-state index is 0.0375. The molecule has 1 aromatic carbocycles. The van der Waals surface area contributed by atoms with Gasteiger partial charge in [-0.3, -0.25) is 4.79 Å². The van der Waals surface area contributed by atoms with E-state index in [1.165, 1.54) is 0 Å². The van der Waals surface area contributed by atoms with Gasteiger partial charge in [0.05, 0.1) is 6.61 Å². The van der Waals surface area contributed by atoms with Crippen LogP contribution in [-0.2, 0) is 4.74 Å². The second-order valence-corrected chi connectivity index (χ2v) is 2.92. The zero-order valence-corrected chi connectivity index (χ0v) is 8.00. The molecule has 0 bridgehead atoms. The number of ketones is 1. The number of carbonyl (C=O) groups is 1. The average molecular weight is 215 g/mol. The molecule has 0 fully saturated rings. The topological polar surface area (TPSA) is 52.3 Å². The first-order valence-corrected chi connectivity index (χ1v) is 4.40. The van der Waals surface area contributed by atoms with Crippen molar-refractivity contribution in [1.82, 2.24) is 0 Å². The number of benzene rings is 1. The number of carbonyl (C=O) groups excluding carboxylic acids is 1. The van der Waals surface area contributed by atoms with Gasteiger partial charge in [0.2, 0.25) is 0 Å². The normalized spacial score (nSPS) is 10.3. The second kappa shape index (κ2) is 5.53. The fourth-order valence-corrected chi connectivity index (χ4v) is 1.05. The van der Waals surface area contributed by atoms with Gasteiger partial charge in [-0.15, -0.1) is 0 Å². The maximum absolute atomic E-state index is 12.7. The van der Waals surface area contributed by atoms with E-state index in [0.29, 0.717) is 12.6 Å². The zero-order chi connectivity index (χ0) is 11.3. The van der Waals surface area contributed by atoms with E-state index < -0.39 is 17.4 Å². The number of halogens is 2. The molecular weight excluding hydrogens is 204 g/mol. The average Bonchev–Trinajstić information content (AvgIpc) is 2.16. The van der Waals surface area contributed by atoms with Gasteiger partial charge in [0, 0.05) is 18.2 Å². The maximum Gasteiger partial charge on any atom is 0.188 e. The van der Waals surface area contributed by atoms with Gasteiger partial charge in [-0.25, -0.2) is 8.78 Å². The third-order valence-electron chi connectivity index (χ3n) is 1.68. The SMILES string of the molecule is NCCOCC(=O)c1cc(F)cc(F)c1. The monoisotopic (exact) mass is 215 g/mol. The summed E-state index contributed by atoms with van der Waals surface area (Å²) in [6.45, 7) is 0.314. The van der Waals surface area contributed by atoms with E-state index in [2.05, 4.69) is 0 Å². The molecule has 2 N–H and O–H groups in total. The summed E-state index contributed by atoms with van der Waals surface area (Å²) in [5.74, 6) is -2.03. The predicted molar refractivity (Wildman–Crippen MR) is 50.6 cm³/mol. The molecule has 0 unspecified atom stereocenters. The van der Waals surface area contributed by atoms with Gasteiger partial charge >= 0.3 is 0 Å². The highest BCUT2D eigenvalue weighted by Gasteiger charge is 2.08. The van der Waals surface area contributed by atoms with Gasteiger partial charge in [0.25, 0.3) is 0 Å². The highest BCUT2D eigenvalue weighted by atomic mass is 19.1. The van der Waals surface area contributed by atoms with Crippen LogP contribution in [0.4, 0.5) is 8.78 Å². The Hall–Kier alpha value is -1.33. The highest BCUT2D eigenvalue weighted by molar-refractivity contribution is 5.97. The van der Waals surface area contributed by atoms with Gasteiger partial charge in [-0.2, -0.15) is 0 Å². The lowest BCUT2D eigenvalue weighted by Crippen LogP contribution is -2.15. The molecule has 1 aromatic rings. The fourth-order valence-electron chi connectivity index (χ4n) is 1.05. The van der Waals surface area contributed by atoms with Crippen molar-refractivity contribution in [2.24, 2.45) is 5.73 Å². The van der Waals surface area contributed by atoms with Crippen LogP contribution in [-0.4, -0.2) is 25.5 Å². The number of nitrogens with two attached hydrogens (primary N) is 1. The first-order valence-electron chi connectivity index (χ1n) is 4.40. The first-order chi connectivity index (χ1) is 7.13. The van der Waals surface area contributed by atoms with E-state index in [0.717, 1.165) is 12.1 Å². The number of hydrogen-bond donors (Lipinski definition) is 1. The molecule has 1 rings (SSSR count). The highest BCUT2D eigenvalue weighted by Crippen LogP contribution is 2.08. The van der Waals surface area contributed by atoms with E-state index >= 15 is 0 Å². The predicted octanol–water partition coefficient (Wildman–Crippen LogP) is 1.12. The largest absolute Gasteiger partial charge is 0.372 e. The summed E-state index contributed by atoms with van der Waals surface area (Å²) >= 11 is 0. The molecule has 0 atom stereocenters. The van der Waals surface area contributed by atoms with Crippen LogP contribution in [0.25, 0.3) is 0 Å². The van der Waals surface area contributed by atoms with Crippen molar-refractivity contribution in [2.75, 3.05) is 19.8 Å². The van der Waals surface area contributed by atoms with Crippen molar-refractivity contribution in [2.45, 2.75) is 0 Å². The molecule has 0 aromatic heterocycles.